The number of hydrogen-bond acceptors (Lipinski definition) is 1. The van der Waals surface area contributed by atoms with E-state index in [-0.39, 0.29) is 0 Å². The van der Waals surface area contributed by atoms with Crippen LogP contribution in [0.5, 0.6) is 0 Å². The molecule has 0 N–H and O–H groups in total. The van der Waals surface area contributed by atoms with E-state index in [4.69, 9.17) is 7.85 Å². The third-order valence-electron chi connectivity index (χ3n) is 1.17. The molecule has 1 unspecified atom stereocenters. The number of anilines is 1. The predicted octanol–water partition coefficient (Wildman–Crippen LogP) is 0.578. The number of nitrogens with zero attached hydrogens (tertiary/aromatic N) is 1. The lowest BCUT2D eigenvalue weighted by molar-refractivity contribution is 1.16. The SMILES string of the molecule is [B]c1ccc(N(C)C)[pH]1. The molecule has 0 saturated carbocycles. The second kappa shape index (κ2) is 2.49. The van der Waals surface area contributed by atoms with Gasteiger partial charge in [-0.25, -0.2) is 0 Å². The molecule has 1 aromatic rings. The average Bonchev–Trinajstić information content (AvgIpc) is 2.14. The lowest BCUT2D eigenvalue weighted by atomic mass is 10.1. The predicted molar refractivity (Wildman–Crippen MR) is 45.7 cm³/mol. The molecule has 0 spiro atoms. The minimum absolute atomic E-state index is 0.680. The first-order chi connectivity index (χ1) is 4.20. The Bertz CT molecular complexity index is 195. The van der Waals surface area contributed by atoms with Crippen molar-refractivity contribution in [1.29, 1.82) is 0 Å². The highest BCUT2D eigenvalue weighted by atomic mass is 31.0. The maximum Gasteiger partial charge on any atom is 0.119 e. The van der Waals surface area contributed by atoms with Crippen molar-refractivity contribution in [2.75, 3.05) is 19.0 Å². The van der Waals surface area contributed by atoms with Crippen LogP contribution in [0.15, 0.2) is 12.1 Å². The molecule has 0 fully saturated rings. The van der Waals surface area contributed by atoms with Crippen LogP contribution in [0.2, 0.25) is 0 Å². The van der Waals surface area contributed by atoms with Crippen LogP contribution < -0.4 is 10.1 Å². The number of rotatable bonds is 1. The summed E-state index contributed by atoms with van der Waals surface area (Å²) in [7, 11) is 10.3. The lowest BCUT2D eigenvalue weighted by Crippen LogP contribution is -2.05. The van der Waals surface area contributed by atoms with Gasteiger partial charge in [-0.1, -0.05) is 11.3 Å². The smallest absolute Gasteiger partial charge is 0.119 e. The minimum atomic E-state index is 0.680. The van der Waals surface area contributed by atoms with E-state index in [9.17, 15) is 0 Å². The zero-order valence-electron chi connectivity index (χ0n) is 5.68. The van der Waals surface area contributed by atoms with Crippen molar-refractivity contribution in [1.82, 2.24) is 0 Å². The molecule has 0 aliphatic carbocycles. The van der Waals surface area contributed by atoms with Gasteiger partial charge in [0, 0.05) is 14.1 Å². The largest absolute Gasteiger partial charge is 0.375 e. The maximum atomic E-state index is 5.56. The van der Waals surface area contributed by atoms with Crippen LogP contribution >= 0.6 is 8.19 Å². The van der Waals surface area contributed by atoms with Gasteiger partial charge in [-0.2, -0.15) is 0 Å². The molecule has 0 bridgehead atoms. The fraction of sp³-hybridized carbons (Fsp3) is 0.333. The molecular formula is C6H9BNP. The van der Waals surface area contributed by atoms with Gasteiger partial charge in [-0.05, 0) is 6.07 Å². The first-order valence-electron chi connectivity index (χ1n) is 2.82. The van der Waals surface area contributed by atoms with Crippen LogP contribution in [-0.4, -0.2) is 21.9 Å². The van der Waals surface area contributed by atoms with Crippen LogP contribution in [0.4, 0.5) is 5.42 Å². The van der Waals surface area contributed by atoms with Crippen LogP contribution in [0.25, 0.3) is 0 Å². The zero-order chi connectivity index (χ0) is 6.85. The van der Waals surface area contributed by atoms with E-state index in [1.165, 1.54) is 5.42 Å². The summed E-state index contributed by atoms with van der Waals surface area (Å²) in [4.78, 5) is 2.09. The highest BCUT2D eigenvalue weighted by Gasteiger charge is 1.93. The van der Waals surface area contributed by atoms with E-state index in [0.29, 0.717) is 8.19 Å². The zero-order valence-corrected chi connectivity index (χ0v) is 6.68. The molecule has 0 aromatic carbocycles. The summed E-state index contributed by atoms with van der Waals surface area (Å²) in [5.41, 5.74) is 1.31. The molecule has 1 aromatic heterocycles. The Labute approximate surface area is 58.6 Å². The van der Waals surface area contributed by atoms with Gasteiger partial charge in [-0.3, -0.25) is 0 Å². The lowest BCUT2D eigenvalue weighted by Gasteiger charge is -2.07. The molecule has 0 aliphatic rings. The second-order valence-corrected chi connectivity index (χ2v) is 3.53. The van der Waals surface area contributed by atoms with Crippen LogP contribution in [0, 0.1) is 0 Å². The van der Waals surface area contributed by atoms with Gasteiger partial charge in [0.25, 0.3) is 0 Å². The standard InChI is InChI=1S/C6H9BNP/c1-8(2)6-4-3-5(7)9-6/h3-4,9H,1-2H3. The average molecular weight is 137 g/mol. The Balaban J connectivity index is 2.85. The molecule has 9 heavy (non-hydrogen) atoms. The summed E-state index contributed by atoms with van der Waals surface area (Å²) in [6.07, 6.45) is 0. The Morgan fingerprint density at radius 3 is 2.33 bits per heavy atom. The van der Waals surface area contributed by atoms with Gasteiger partial charge >= 0.3 is 0 Å². The monoisotopic (exact) mass is 137 g/mol. The molecule has 2 radical (unpaired) electrons. The molecule has 1 heterocycles. The van der Waals surface area contributed by atoms with Crippen molar-refractivity contribution < 1.29 is 0 Å². The van der Waals surface area contributed by atoms with Crippen molar-refractivity contribution in [2.45, 2.75) is 0 Å². The molecule has 1 atom stereocenters. The Hall–Kier alpha value is -0.355. The molecular weight excluding hydrogens is 128 g/mol. The Morgan fingerprint density at radius 2 is 2.11 bits per heavy atom. The van der Waals surface area contributed by atoms with Crippen LogP contribution in [0.3, 0.4) is 0 Å². The fourth-order valence-electron chi connectivity index (χ4n) is 0.661. The highest BCUT2D eigenvalue weighted by Crippen LogP contribution is 2.20. The molecule has 1 nitrogen and oxygen atoms in total. The van der Waals surface area contributed by atoms with Gasteiger partial charge in [0.05, 0.1) is 5.42 Å². The van der Waals surface area contributed by atoms with Crippen molar-refractivity contribution in [3.8, 4) is 0 Å². The van der Waals surface area contributed by atoms with E-state index in [0.717, 1.165) is 5.19 Å². The first-order valence-corrected chi connectivity index (χ1v) is 3.82. The van der Waals surface area contributed by atoms with Crippen molar-refractivity contribution >= 4 is 26.7 Å². The van der Waals surface area contributed by atoms with Gasteiger partial charge in [0.2, 0.25) is 0 Å². The van der Waals surface area contributed by atoms with E-state index in [1.54, 1.807) is 0 Å². The first kappa shape index (κ1) is 6.76. The summed E-state index contributed by atoms with van der Waals surface area (Å²) in [5.74, 6) is 0. The van der Waals surface area contributed by atoms with Gasteiger partial charge in [-0.15, -0.1) is 8.19 Å². The summed E-state index contributed by atoms with van der Waals surface area (Å²) >= 11 is 0. The third kappa shape index (κ3) is 1.52. The fourth-order valence-corrected chi connectivity index (χ4v) is 1.51. The molecule has 3 heteroatoms. The second-order valence-electron chi connectivity index (χ2n) is 2.19. The van der Waals surface area contributed by atoms with Gasteiger partial charge in [0.15, 0.2) is 0 Å². The van der Waals surface area contributed by atoms with Crippen LogP contribution in [-0.2, 0) is 0 Å². The van der Waals surface area contributed by atoms with Crippen molar-refractivity contribution in [3.63, 3.8) is 0 Å². The normalized spacial score (nSPS) is 10.4. The summed E-state index contributed by atoms with van der Waals surface area (Å²) in [6.45, 7) is 0. The minimum Gasteiger partial charge on any atom is -0.375 e. The Morgan fingerprint density at radius 1 is 1.44 bits per heavy atom. The van der Waals surface area contributed by atoms with E-state index < -0.39 is 0 Å². The molecule has 0 aliphatic heterocycles. The summed E-state index contributed by atoms with van der Waals surface area (Å²) in [6, 6.07) is 4.03. The van der Waals surface area contributed by atoms with Crippen molar-refractivity contribution in [3.05, 3.63) is 12.1 Å². The quantitative estimate of drug-likeness (QED) is 0.511. The number of hydrogen-bond donors (Lipinski definition) is 0. The molecule has 46 valence electrons. The van der Waals surface area contributed by atoms with E-state index >= 15 is 0 Å². The third-order valence-corrected chi connectivity index (χ3v) is 2.50. The van der Waals surface area contributed by atoms with E-state index in [2.05, 4.69) is 11.0 Å². The summed E-state index contributed by atoms with van der Waals surface area (Å²) in [5, 5.41) is 0.985. The van der Waals surface area contributed by atoms with Crippen LogP contribution in [0.1, 0.15) is 0 Å². The van der Waals surface area contributed by atoms with Crippen molar-refractivity contribution in [2.24, 2.45) is 0 Å². The molecule has 0 amide bonds. The van der Waals surface area contributed by atoms with E-state index in [1.807, 2.05) is 20.2 Å². The molecule has 0 saturated heterocycles. The maximum absolute atomic E-state index is 5.56. The highest BCUT2D eigenvalue weighted by molar-refractivity contribution is 7.41. The van der Waals surface area contributed by atoms with Gasteiger partial charge in [0.1, 0.15) is 7.85 Å². The molecule has 1 rings (SSSR count). The summed E-state index contributed by atoms with van der Waals surface area (Å²) < 4.78 is 0. The van der Waals surface area contributed by atoms with Gasteiger partial charge < -0.3 is 4.90 Å². The topological polar surface area (TPSA) is 3.24 Å². The Kier molecular flexibility index (Phi) is 1.87.